The number of aromatic nitrogens is 4. The molecule has 0 spiro atoms. The average molecular weight is 1310 g/mol. The Morgan fingerprint density at radius 3 is 0.824 bits per heavy atom. The molecule has 0 amide bonds. The molecule has 0 bridgehead atoms. The number of hydrogen-bond donors (Lipinski definition) is 0. The summed E-state index contributed by atoms with van der Waals surface area (Å²) in [6.45, 7) is 8.59. The van der Waals surface area contributed by atoms with Crippen molar-refractivity contribution in [2.24, 2.45) is 0 Å². The van der Waals surface area contributed by atoms with Gasteiger partial charge in [0, 0.05) is 65.8 Å². The van der Waals surface area contributed by atoms with Crippen molar-refractivity contribution in [2.45, 2.75) is 27.7 Å². The van der Waals surface area contributed by atoms with Crippen LogP contribution in [0.3, 0.4) is 0 Å². The van der Waals surface area contributed by atoms with Crippen molar-refractivity contribution in [1.29, 1.82) is 0 Å². The summed E-state index contributed by atoms with van der Waals surface area (Å²) < 4.78 is 9.50. The van der Waals surface area contributed by atoms with Gasteiger partial charge in [-0.05, 0) is 192 Å². The van der Waals surface area contributed by atoms with Crippen LogP contribution < -0.4 is 0 Å². The Bertz CT molecular complexity index is 6340. The lowest BCUT2D eigenvalue weighted by atomic mass is 9.98. The first-order valence-electron chi connectivity index (χ1n) is 35.2. The smallest absolute Gasteiger partial charge is 0.0543 e. The summed E-state index contributed by atoms with van der Waals surface area (Å²) >= 11 is 0. The van der Waals surface area contributed by atoms with Crippen molar-refractivity contribution >= 4 is 98.0 Å². The van der Waals surface area contributed by atoms with Gasteiger partial charge in [0.2, 0.25) is 0 Å². The van der Waals surface area contributed by atoms with Crippen LogP contribution in [-0.2, 0) is 0 Å². The number of para-hydroxylation sites is 5. The Labute approximate surface area is 594 Å². The van der Waals surface area contributed by atoms with Crippen molar-refractivity contribution in [2.75, 3.05) is 0 Å². The molecular formula is C98H74N4. The van der Waals surface area contributed by atoms with Crippen LogP contribution >= 0.6 is 0 Å². The van der Waals surface area contributed by atoms with E-state index in [9.17, 15) is 0 Å². The van der Waals surface area contributed by atoms with E-state index in [4.69, 9.17) is 0 Å². The van der Waals surface area contributed by atoms with Gasteiger partial charge in [-0.25, -0.2) is 0 Å². The average Bonchev–Trinajstić information content (AvgIpc) is 1.67. The number of benzene rings is 16. The largest absolute Gasteiger partial charge is 0.309 e. The summed E-state index contributed by atoms with van der Waals surface area (Å²) in [5.41, 5.74) is 27.4. The molecule has 102 heavy (non-hydrogen) atoms. The minimum Gasteiger partial charge on any atom is -0.309 e. The van der Waals surface area contributed by atoms with Crippen LogP contribution in [0.25, 0.3) is 154 Å². The monoisotopic (exact) mass is 1310 g/mol. The predicted molar refractivity (Wildman–Crippen MR) is 436 cm³/mol. The maximum absolute atomic E-state index is 2.41. The number of nitrogens with zero attached hydrogens (tertiary/aromatic N) is 4. The van der Waals surface area contributed by atoms with Crippen molar-refractivity contribution in [3.05, 3.63) is 398 Å². The van der Waals surface area contributed by atoms with Gasteiger partial charge in [-0.2, -0.15) is 0 Å². The molecule has 0 aliphatic rings. The van der Waals surface area contributed by atoms with Crippen molar-refractivity contribution in [3.8, 4) is 56.1 Å². The van der Waals surface area contributed by atoms with E-state index in [1.54, 1.807) is 0 Å². The van der Waals surface area contributed by atoms with Gasteiger partial charge in [-0.1, -0.05) is 279 Å². The third-order valence-corrected chi connectivity index (χ3v) is 20.0. The van der Waals surface area contributed by atoms with E-state index in [1.807, 2.05) is 0 Å². The molecule has 0 aliphatic heterocycles. The predicted octanol–water partition coefficient (Wildman–Crippen LogP) is 26.5. The summed E-state index contributed by atoms with van der Waals surface area (Å²) in [6, 6.07) is 135. The molecule has 20 rings (SSSR count). The highest BCUT2D eigenvalue weighted by atomic mass is 15.0. The van der Waals surface area contributed by atoms with Gasteiger partial charge in [-0.15, -0.1) is 0 Å². The van der Waals surface area contributed by atoms with Gasteiger partial charge in [0.05, 0.1) is 44.1 Å². The first-order valence-corrected chi connectivity index (χ1v) is 35.2. The highest BCUT2D eigenvalue weighted by molar-refractivity contribution is 6.13. The summed E-state index contributed by atoms with van der Waals surface area (Å²) in [4.78, 5) is 0. The van der Waals surface area contributed by atoms with Crippen LogP contribution in [0.4, 0.5) is 0 Å². The highest BCUT2D eigenvalue weighted by Gasteiger charge is 2.18. The number of aryl methyl sites for hydroxylation is 4. The normalized spacial score (nSPS) is 11.3. The molecule has 4 aromatic heterocycles. The topological polar surface area (TPSA) is 19.7 Å². The van der Waals surface area contributed by atoms with E-state index in [1.165, 1.54) is 176 Å². The minimum absolute atomic E-state index is 1.18. The van der Waals surface area contributed by atoms with Crippen LogP contribution in [-0.4, -0.2) is 18.3 Å². The molecule has 20 aromatic rings. The fraction of sp³-hybridized carbons (Fsp3) is 0.0408. The lowest BCUT2D eigenvalue weighted by Gasteiger charge is -2.14. The third kappa shape index (κ3) is 11.8. The standard InChI is InChI=1S/C31H23N.C25H19N.C23H17N.C19H15N/c1-22-16-17-29-28-14-8-9-15-30(28)32(31(29)18-22)27-20-25(23-10-4-2-5-11-23)19-26(21-27)24-12-6-3-7-13-24;1-18-11-16-23-22-9-5-6-10-24(22)26(25(23)17-18)21-14-12-20(13-15-21)19-7-3-2-4-8-19;1-16-10-13-21-20-8-4-5-9-22(20)24(23(21)14-16)19-12-11-17-6-2-3-7-18(17)15-19;1-14-10-12-15(13-11-14)20-18-8-4-2-6-16(18)17-7-3-5-9-19(17)20/h2-21H,1H3;2-17H,1H3;2-15H,1H3;2-13H,1H3. The van der Waals surface area contributed by atoms with E-state index in [-0.39, 0.29) is 0 Å². The van der Waals surface area contributed by atoms with Gasteiger partial charge in [-0.3, -0.25) is 0 Å². The van der Waals surface area contributed by atoms with Gasteiger partial charge in [0.1, 0.15) is 0 Å². The molecule has 0 saturated carbocycles. The fourth-order valence-corrected chi connectivity index (χ4v) is 15.1. The third-order valence-electron chi connectivity index (χ3n) is 20.0. The minimum atomic E-state index is 1.18. The molecule has 0 saturated heterocycles. The summed E-state index contributed by atoms with van der Waals surface area (Å²) in [5, 5.41) is 13.0. The van der Waals surface area contributed by atoms with Crippen LogP contribution in [0.1, 0.15) is 22.3 Å². The molecule has 486 valence electrons. The number of rotatable bonds is 7. The lowest BCUT2D eigenvalue weighted by Crippen LogP contribution is -1.96. The van der Waals surface area contributed by atoms with Crippen molar-refractivity contribution < 1.29 is 0 Å². The molecule has 0 aliphatic carbocycles. The van der Waals surface area contributed by atoms with Gasteiger partial charge >= 0.3 is 0 Å². The van der Waals surface area contributed by atoms with E-state index < -0.39 is 0 Å². The molecule has 0 unspecified atom stereocenters. The molecular weight excluding hydrogens is 1230 g/mol. The first-order chi connectivity index (χ1) is 50.2. The molecule has 4 heteroatoms. The van der Waals surface area contributed by atoms with Gasteiger partial charge in [0.25, 0.3) is 0 Å². The molecule has 0 N–H and O–H groups in total. The molecule has 0 radical (unpaired) electrons. The van der Waals surface area contributed by atoms with E-state index in [0.717, 1.165) is 0 Å². The van der Waals surface area contributed by atoms with Crippen molar-refractivity contribution in [1.82, 2.24) is 18.3 Å². The van der Waals surface area contributed by atoms with Crippen LogP contribution in [0, 0.1) is 27.7 Å². The second kappa shape index (κ2) is 27.0. The number of hydrogen-bond acceptors (Lipinski definition) is 0. The number of fused-ring (bicyclic) bond motifs is 13. The zero-order valence-electron chi connectivity index (χ0n) is 57.6. The zero-order valence-corrected chi connectivity index (χ0v) is 57.6. The molecule has 0 fully saturated rings. The molecule has 0 atom stereocenters. The molecule has 16 aromatic carbocycles. The van der Waals surface area contributed by atoms with Crippen molar-refractivity contribution in [3.63, 3.8) is 0 Å². The summed E-state index contributed by atoms with van der Waals surface area (Å²) in [7, 11) is 0. The van der Waals surface area contributed by atoms with Crippen LogP contribution in [0.5, 0.6) is 0 Å². The van der Waals surface area contributed by atoms with E-state index in [2.05, 4.69) is 422 Å². The zero-order chi connectivity index (χ0) is 68.6. The Hall–Kier alpha value is -13.0. The van der Waals surface area contributed by atoms with E-state index >= 15 is 0 Å². The lowest BCUT2D eigenvalue weighted by molar-refractivity contribution is 1.17. The SMILES string of the molecule is Cc1ccc(-n2c3ccccc3c3ccccc32)cc1.Cc1ccc2c3ccccc3n(-c3cc(-c4ccccc4)cc(-c4ccccc4)c3)c2c1.Cc1ccc2c3ccccc3n(-c3ccc(-c4ccccc4)cc3)c2c1.Cc1ccc2c3ccccc3n(-c3ccc4ccccc4c3)c2c1. The second-order valence-electron chi connectivity index (χ2n) is 26.8. The maximum atomic E-state index is 2.41. The summed E-state index contributed by atoms with van der Waals surface area (Å²) in [6.07, 6.45) is 0. The van der Waals surface area contributed by atoms with E-state index in [0.29, 0.717) is 0 Å². The van der Waals surface area contributed by atoms with Crippen LogP contribution in [0.15, 0.2) is 376 Å². The Balaban J connectivity index is 0.000000102. The Morgan fingerprint density at radius 1 is 0.147 bits per heavy atom. The first kappa shape index (κ1) is 62.5. The van der Waals surface area contributed by atoms with Gasteiger partial charge < -0.3 is 18.3 Å². The molecule has 4 heterocycles. The van der Waals surface area contributed by atoms with Crippen LogP contribution in [0.2, 0.25) is 0 Å². The fourth-order valence-electron chi connectivity index (χ4n) is 15.1. The maximum Gasteiger partial charge on any atom is 0.0543 e. The Morgan fingerprint density at radius 2 is 0.422 bits per heavy atom. The quantitative estimate of drug-likeness (QED) is 0.152. The molecule has 4 nitrogen and oxygen atoms in total. The Kier molecular flexibility index (Phi) is 16.5. The van der Waals surface area contributed by atoms with Gasteiger partial charge in [0.15, 0.2) is 0 Å². The summed E-state index contributed by atoms with van der Waals surface area (Å²) in [5.74, 6) is 0. The highest BCUT2D eigenvalue weighted by Crippen LogP contribution is 2.40. The second-order valence-corrected chi connectivity index (χ2v) is 26.8.